The summed E-state index contributed by atoms with van der Waals surface area (Å²) in [4.78, 5) is 44.6. The van der Waals surface area contributed by atoms with Crippen molar-refractivity contribution in [1.29, 1.82) is 0 Å². The average Bonchev–Trinajstić information content (AvgIpc) is 3.26. The SMILES string of the molecule is CCOC(=O)[C@H]1[C@]2(C(=O)N(C)c3ccccc32)C(=S)N[C@]12C(=O)N(C)c1ccc(C)cc12. The number of anilines is 2. The summed E-state index contributed by atoms with van der Waals surface area (Å²) in [6, 6.07) is 12.9. The van der Waals surface area contributed by atoms with Gasteiger partial charge in [0.2, 0.25) is 5.91 Å². The van der Waals surface area contributed by atoms with Crippen LogP contribution in [0.25, 0.3) is 0 Å². The van der Waals surface area contributed by atoms with Crippen LogP contribution in [0.5, 0.6) is 0 Å². The Morgan fingerprint density at radius 1 is 1.06 bits per heavy atom. The minimum absolute atomic E-state index is 0.116. The van der Waals surface area contributed by atoms with Crippen molar-refractivity contribution in [2.45, 2.75) is 24.8 Å². The maximum Gasteiger partial charge on any atom is 0.314 e. The molecule has 32 heavy (non-hydrogen) atoms. The molecule has 1 saturated heterocycles. The molecule has 0 saturated carbocycles. The highest BCUT2D eigenvalue weighted by Crippen LogP contribution is 2.59. The van der Waals surface area contributed by atoms with E-state index >= 15 is 0 Å². The van der Waals surface area contributed by atoms with Crippen LogP contribution >= 0.6 is 12.2 Å². The number of likely N-dealkylation sites (N-methyl/N-ethyl adjacent to an activating group) is 2. The Morgan fingerprint density at radius 2 is 1.72 bits per heavy atom. The first-order chi connectivity index (χ1) is 15.2. The molecule has 7 nitrogen and oxygen atoms in total. The minimum Gasteiger partial charge on any atom is -0.466 e. The first-order valence-electron chi connectivity index (χ1n) is 10.5. The van der Waals surface area contributed by atoms with Crippen molar-refractivity contribution in [1.82, 2.24) is 5.32 Å². The van der Waals surface area contributed by atoms with Gasteiger partial charge in [0.05, 0.1) is 11.6 Å². The molecule has 5 rings (SSSR count). The van der Waals surface area contributed by atoms with Gasteiger partial charge in [0.15, 0.2) is 5.54 Å². The Morgan fingerprint density at radius 3 is 2.44 bits per heavy atom. The number of carbonyl (C=O) groups is 3. The third kappa shape index (κ3) is 2.15. The van der Waals surface area contributed by atoms with Gasteiger partial charge in [-0.05, 0) is 31.5 Å². The number of amides is 2. The second kappa shape index (κ2) is 6.62. The molecule has 164 valence electrons. The smallest absolute Gasteiger partial charge is 0.314 e. The Hall–Kier alpha value is -3.26. The highest BCUT2D eigenvalue weighted by Gasteiger charge is 2.76. The number of carbonyl (C=O) groups excluding carboxylic acids is 3. The van der Waals surface area contributed by atoms with Crippen LogP contribution in [-0.2, 0) is 30.1 Å². The fraction of sp³-hybridized carbons (Fsp3) is 0.333. The number of nitrogens with one attached hydrogen (secondary N) is 1. The lowest BCUT2D eigenvalue weighted by Crippen LogP contribution is -2.56. The van der Waals surface area contributed by atoms with Crippen molar-refractivity contribution in [3.05, 3.63) is 59.2 Å². The lowest BCUT2D eigenvalue weighted by atomic mass is 9.65. The minimum atomic E-state index is -1.53. The van der Waals surface area contributed by atoms with Gasteiger partial charge in [0.25, 0.3) is 5.91 Å². The molecule has 2 spiro atoms. The summed E-state index contributed by atoms with van der Waals surface area (Å²) < 4.78 is 5.50. The zero-order chi connectivity index (χ0) is 23.0. The number of hydrogen-bond acceptors (Lipinski definition) is 5. The van der Waals surface area contributed by atoms with E-state index in [-0.39, 0.29) is 23.4 Å². The lowest BCUT2D eigenvalue weighted by molar-refractivity contribution is -0.156. The van der Waals surface area contributed by atoms with Gasteiger partial charge in [-0.2, -0.15) is 0 Å². The number of thiocarbonyl (C=S) groups is 1. The summed E-state index contributed by atoms with van der Waals surface area (Å²) in [6.45, 7) is 3.74. The predicted molar refractivity (Wildman–Crippen MR) is 124 cm³/mol. The molecule has 3 aliphatic heterocycles. The molecule has 3 aliphatic rings. The van der Waals surface area contributed by atoms with Crippen LogP contribution in [0, 0.1) is 12.8 Å². The molecule has 0 aromatic heterocycles. The predicted octanol–water partition coefficient (Wildman–Crippen LogP) is 2.19. The maximum absolute atomic E-state index is 13.9. The van der Waals surface area contributed by atoms with Crippen molar-refractivity contribution < 1.29 is 19.1 Å². The molecular formula is C24H23N3O4S. The zero-order valence-electron chi connectivity index (χ0n) is 18.3. The van der Waals surface area contributed by atoms with Gasteiger partial charge in [0, 0.05) is 31.0 Å². The number of benzene rings is 2. The van der Waals surface area contributed by atoms with E-state index in [1.807, 2.05) is 43.3 Å². The quantitative estimate of drug-likeness (QED) is 0.559. The molecule has 8 heteroatoms. The van der Waals surface area contributed by atoms with E-state index in [0.29, 0.717) is 22.5 Å². The zero-order valence-corrected chi connectivity index (χ0v) is 19.1. The van der Waals surface area contributed by atoms with E-state index in [1.165, 1.54) is 9.80 Å². The van der Waals surface area contributed by atoms with Gasteiger partial charge in [-0.3, -0.25) is 14.4 Å². The monoisotopic (exact) mass is 449 g/mol. The van der Waals surface area contributed by atoms with Gasteiger partial charge in [-0.1, -0.05) is 48.1 Å². The summed E-state index contributed by atoms with van der Waals surface area (Å²) in [7, 11) is 3.33. The van der Waals surface area contributed by atoms with Crippen molar-refractivity contribution in [3.8, 4) is 0 Å². The molecule has 2 amide bonds. The van der Waals surface area contributed by atoms with Crippen molar-refractivity contribution in [3.63, 3.8) is 0 Å². The third-order valence-electron chi connectivity index (χ3n) is 6.97. The van der Waals surface area contributed by atoms with Crippen LogP contribution < -0.4 is 15.1 Å². The van der Waals surface area contributed by atoms with Crippen molar-refractivity contribution >= 4 is 46.4 Å². The van der Waals surface area contributed by atoms with Gasteiger partial charge >= 0.3 is 5.97 Å². The Balaban J connectivity index is 1.87. The lowest BCUT2D eigenvalue weighted by Gasteiger charge is -2.34. The molecule has 1 fully saturated rings. The third-order valence-corrected chi connectivity index (χ3v) is 7.39. The summed E-state index contributed by atoms with van der Waals surface area (Å²) in [6.07, 6.45) is 0. The molecule has 0 unspecified atom stereocenters. The van der Waals surface area contributed by atoms with E-state index in [0.717, 1.165) is 5.56 Å². The first kappa shape index (κ1) is 20.6. The van der Waals surface area contributed by atoms with Crippen LogP contribution in [-0.4, -0.2) is 43.5 Å². The van der Waals surface area contributed by atoms with E-state index in [1.54, 1.807) is 27.1 Å². The largest absolute Gasteiger partial charge is 0.466 e. The number of aryl methyl sites for hydroxylation is 1. The van der Waals surface area contributed by atoms with Crippen LogP contribution in [0.4, 0.5) is 11.4 Å². The second-order valence-corrected chi connectivity index (χ2v) is 8.93. The number of nitrogens with zero attached hydrogens (tertiary/aromatic N) is 2. The highest BCUT2D eigenvalue weighted by atomic mass is 32.1. The van der Waals surface area contributed by atoms with Crippen LogP contribution in [0.3, 0.4) is 0 Å². The van der Waals surface area contributed by atoms with Crippen LogP contribution in [0.2, 0.25) is 0 Å². The molecule has 3 heterocycles. The molecule has 0 bridgehead atoms. The summed E-state index contributed by atoms with van der Waals surface area (Å²) in [5.74, 6) is -2.51. The van der Waals surface area contributed by atoms with Gasteiger partial charge in [-0.25, -0.2) is 0 Å². The van der Waals surface area contributed by atoms with Crippen LogP contribution in [0.15, 0.2) is 42.5 Å². The van der Waals surface area contributed by atoms with E-state index in [2.05, 4.69) is 5.32 Å². The molecule has 2 aromatic carbocycles. The Bertz CT molecular complexity index is 1230. The number of ether oxygens (including phenoxy) is 1. The molecular weight excluding hydrogens is 426 g/mol. The molecule has 3 atom stereocenters. The maximum atomic E-state index is 13.9. The average molecular weight is 450 g/mol. The topological polar surface area (TPSA) is 79.0 Å². The fourth-order valence-electron chi connectivity index (χ4n) is 5.62. The summed E-state index contributed by atoms with van der Waals surface area (Å²) in [5.41, 5.74) is 0.435. The van der Waals surface area contributed by atoms with E-state index < -0.39 is 22.8 Å². The van der Waals surface area contributed by atoms with E-state index in [9.17, 15) is 14.4 Å². The highest BCUT2D eigenvalue weighted by molar-refractivity contribution is 7.80. The van der Waals surface area contributed by atoms with Gasteiger partial charge in [-0.15, -0.1) is 0 Å². The van der Waals surface area contributed by atoms with Crippen molar-refractivity contribution in [2.75, 3.05) is 30.5 Å². The number of rotatable bonds is 2. The fourth-order valence-corrected chi connectivity index (χ4v) is 6.10. The summed E-state index contributed by atoms with van der Waals surface area (Å²) >= 11 is 5.80. The molecule has 1 N–H and O–H groups in total. The molecule has 0 radical (unpaired) electrons. The van der Waals surface area contributed by atoms with Crippen LogP contribution in [0.1, 0.15) is 23.6 Å². The normalized spacial score (nSPS) is 27.9. The number of fused-ring (bicyclic) bond motifs is 4. The summed E-state index contributed by atoms with van der Waals surface area (Å²) in [5, 5.41) is 3.20. The molecule has 2 aromatic rings. The number of hydrogen-bond donors (Lipinski definition) is 1. The Labute approximate surface area is 191 Å². The first-order valence-corrected chi connectivity index (χ1v) is 10.9. The number of para-hydroxylation sites is 1. The second-order valence-electron chi connectivity index (χ2n) is 8.52. The Kier molecular flexibility index (Phi) is 4.27. The standard InChI is InChI=1S/C24H23N3O4S/c1-5-31-19(28)18-23(14-8-6-7-9-16(14)26(3)21(23)29)20(32)25-24(18)15-12-13(2)10-11-17(15)27(4)22(24)30/h6-12,18H,5H2,1-4H3,(H,25,32)/t18-,23-,24-/m0/s1. The number of esters is 1. The van der Waals surface area contributed by atoms with Gasteiger partial charge in [0.1, 0.15) is 11.3 Å². The van der Waals surface area contributed by atoms with Gasteiger partial charge < -0.3 is 19.9 Å². The van der Waals surface area contributed by atoms with Crippen molar-refractivity contribution in [2.24, 2.45) is 5.92 Å². The van der Waals surface area contributed by atoms with E-state index in [4.69, 9.17) is 17.0 Å². The molecule has 0 aliphatic carbocycles.